The summed E-state index contributed by atoms with van der Waals surface area (Å²) in [6.07, 6.45) is 14.1. The largest absolute Gasteiger partial charge is 0.296 e. The zero-order chi connectivity index (χ0) is 21.9. The fourth-order valence-corrected chi connectivity index (χ4v) is 3.97. The molecule has 167 valence electrons. The molecule has 0 fully saturated rings. The third-order valence-electron chi connectivity index (χ3n) is 4.80. The van der Waals surface area contributed by atoms with Crippen molar-refractivity contribution >= 4 is 45.8 Å². The van der Waals surface area contributed by atoms with Crippen LogP contribution >= 0.6 is 0 Å². The van der Waals surface area contributed by atoms with E-state index < -0.39 is 10.1 Å². The Morgan fingerprint density at radius 1 is 0.742 bits per heavy atom. The molecule has 2 aromatic carbocycles. The molecule has 0 N–H and O–H groups in total. The Bertz CT molecular complexity index is 762. The van der Waals surface area contributed by atoms with E-state index in [1.807, 2.05) is 36.4 Å². The summed E-state index contributed by atoms with van der Waals surface area (Å²) < 4.78 is 28.8. The van der Waals surface area contributed by atoms with Crippen LogP contribution in [0, 0.1) is 0 Å². The maximum atomic E-state index is 11.9. The van der Waals surface area contributed by atoms with Crippen molar-refractivity contribution in [2.75, 3.05) is 6.61 Å². The quantitative estimate of drug-likeness (QED) is 0.172. The van der Waals surface area contributed by atoms with Gasteiger partial charge in [-0.2, -0.15) is 8.42 Å². The van der Waals surface area contributed by atoms with Gasteiger partial charge < -0.3 is 0 Å². The summed E-state index contributed by atoms with van der Waals surface area (Å²) in [5.74, 6) is 0. The predicted octanol–water partition coefficient (Wildman–Crippen LogP) is 7.26. The number of hydrogen-bond donors (Lipinski definition) is 0. The van der Waals surface area contributed by atoms with Gasteiger partial charge in [0.15, 0.2) is 0 Å². The second kappa shape index (κ2) is 19.8. The van der Waals surface area contributed by atoms with Crippen molar-refractivity contribution in [1.29, 1.82) is 0 Å². The fraction of sp³-hybridized carbons (Fsp3) is 0.462. The van der Waals surface area contributed by atoms with Crippen LogP contribution in [0.2, 0.25) is 0 Å². The van der Waals surface area contributed by atoms with Gasteiger partial charge in [0.25, 0.3) is 10.1 Å². The Morgan fingerprint density at radius 3 is 1.65 bits per heavy atom. The van der Waals surface area contributed by atoms with E-state index in [1.165, 1.54) is 56.9 Å². The van der Waals surface area contributed by atoms with Crippen molar-refractivity contribution in [3.05, 3.63) is 72.8 Å². The minimum atomic E-state index is -3.57. The fourth-order valence-electron chi connectivity index (χ4n) is 3.00. The third kappa shape index (κ3) is 15.5. The van der Waals surface area contributed by atoms with E-state index in [0.717, 1.165) is 12.8 Å². The van der Waals surface area contributed by atoms with Crippen LogP contribution in [0.4, 0.5) is 0 Å². The van der Waals surface area contributed by atoms with Gasteiger partial charge in [-0.15, -0.1) is 0 Å². The molecule has 0 spiro atoms. The molecule has 5 heteroatoms. The summed E-state index contributed by atoms with van der Waals surface area (Å²) in [7, 11) is -3.57. The molecule has 0 heterocycles. The Hall–Kier alpha value is -0.910. The minimum Gasteiger partial charge on any atom is -0.266 e. The van der Waals surface area contributed by atoms with Crippen molar-refractivity contribution in [3.8, 4) is 0 Å². The van der Waals surface area contributed by atoms with E-state index in [4.69, 9.17) is 4.18 Å². The molecule has 2 rings (SSSR count). The van der Waals surface area contributed by atoms with Crippen molar-refractivity contribution < 1.29 is 12.6 Å². The number of rotatable bonds is 14. The maximum Gasteiger partial charge on any atom is 0.296 e. The van der Waals surface area contributed by atoms with Crippen LogP contribution < -0.4 is 0 Å². The maximum absolute atomic E-state index is 11.9. The molecule has 0 saturated heterocycles. The van der Waals surface area contributed by atoms with Gasteiger partial charge in [0, 0.05) is 29.6 Å². The summed E-state index contributed by atoms with van der Waals surface area (Å²) in [5.41, 5.74) is 1.17. The van der Waals surface area contributed by atoms with Gasteiger partial charge in [0.1, 0.15) is 0 Å². The Labute approximate surface area is 212 Å². The summed E-state index contributed by atoms with van der Waals surface area (Å²) in [6, 6.07) is 18.4. The van der Waals surface area contributed by atoms with Gasteiger partial charge >= 0.3 is 0 Å². The molecule has 0 aliphatic carbocycles. The molecule has 0 atom stereocenters. The zero-order valence-corrected chi connectivity index (χ0v) is 22.3. The SMILES string of the molecule is C=Cc1ccccc1.CCCCCCCCCCCCOS(=O)(=O)c1ccccc1.[Na]. The first-order valence-electron chi connectivity index (χ1n) is 11.2. The standard InChI is InChI=1S/C18H30O3S.C8H8.Na/c1-2-3-4-5-6-7-8-9-10-14-17-21-22(19,20)18-15-12-11-13-16-18;1-2-8-6-4-3-5-7-8;/h11-13,15-16H,2-10,14,17H2,1H3;2-7H,1H2;. The number of benzene rings is 2. The van der Waals surface area contributed by atoms with Crippen LogP contribution in [0.1, 0.15) is 76.7 Å². The molecule has 2 aromatic rings. The first-order chi connectivity index (χ1) is 14.6. The van der Waals surface area contributed by atoms with E-state index in [9.17, 15) is 8.42 Å². The van der Waals surface area contributed by atoms with Crippen LogP contribution in [0.25, 0.3) is 6.08 Å². The van der Waals surface area contributed by atoms with Crippen molar-refractivity contribution in [2.24, 2.45) is 0 Å². The molecule has 0 unspecified atom stereocenters. The molecule has 3 nitrogen and oxygen atoms in total. The van der Waals surface area contributed by atoms with Crippen molar-refractivity contribution in [3.63, 3.8) is 0 Å². The average Bonchev–Trinajstić information content (AvgIpc) is 2.79. The molecule has 0 saturated carbocycles. The first kappa shape index (κ1) is 30.1. The van der Waals surface area contributed by atoms with Gasteiger partial charge in [-0.25, -0.2) is 0 Å². The number of hydrogen-bond acceptors (Lipinski definition) is 3. The summed E-state index contributed by atoms with van der Waals surface area (Å²) in [4.78, 5) is 0.238. The van der Waals surface area contributed by atoms with Crippen LogP contribution in [-0.2, 0) is 14.3 Å². The Kier molecular flexibility index (Phi) is 19.2. The summed E-state index contributed by atoms with van der Waals surface area (Å²) in [6.45, 7) is 6.15. The Morgan fingerprint density at radius 2 is 1.19 bits per heavy atom. The smallest absolute Gasteiger partial charge is 0.266 e. The normalized spacial score (nSPS) is 10.5. The molecule has 1 radical (unpaired) electrons. The summed E-state index contributed by atoms with van der Waals surface area (Å²) in [5, 5.41) is 0. The molecule has 0 aromatic heterocycles. The molecule has 0 amide bonds. The second-order valence-corrected chi connectivity index (χ2v) is 9.00. The summed E-state index contributed by atoms with van der Waals surface area (Å²) >= 11 is 0. The monoisotopic (exact) mass is 453 g/mol. The average molecular weight is 454 g/mol. The zero-order valence-electron chi connectivity index (χ0n) is 19.5. The minimum absolute atomic E-state index is 0. The van der Waals surface area contributed by atoms with E-state index >= 15 is 0 Å². The van der Waals surface area contributed by atoms with Crippen LogP contribution in [0.3, 0.4) is 0 Å². The van der Waals surface area contributed by atoms with E-state index in [0.29, 0.717) is 0 Å². The molecular formula is C26H38NaO3S. The third-order valence-corrected chi connectivity index (χ3v) is 6.13. The van der Waals surface area contributed by atoms with Crippen LogP contribution in [0.5, 0.6) is 0 Å². The topological polar surface area (TPSA) is 43.4 Å². The predicted molar refractivity (Wildman–Crippen MR) is 134 cm³/mol. The van der Waals surface area contributed by atoms with Gasteiger partial charge in [-0.1, -0.05) is 126 Å². The van der Waals surface area contributed by atoms with E-state index in [1.54, 1.807) is 30.3 Å². The number of unbranched alkanes of at least 4 members (excludes halogenated alkanes) is 9. The van der Waals surface area contributed by atoms with Gasteiger partial charge in [0.05, 0.1) is 11.5 Å². The van der Waals surface area contributed by atoms with Crippen molar-refractivity contribution in [1.82, 2.24) is 0 Å². The first-order valence-corrected chi connectivity index (χ1v) is 12.6. The second-order valence-electron chi connectivity index (χ2n) is 7.39. The van der Waals surface area contributed by atoms with Crippen LogP contribution in [0.15, 0.2) is 72.1 Å². The Balaban J connectivity index is 0.000000838. The molecular weight excluding hydrogens is 415 g/mol. The van der Waals surface area contributed by atoms with E-state index in [-0.39, 0.29) is 41.1 Å². The van der Waals surface area contributed by atoms with Gasteiger partial charge in [-0.05, 0) is 24.1 Å². The van der Waals surface area contributed by atoms with Crippen molar-refractivity contribution in [2.45, 2.75) is 76.0 Å². The van der Waals surface area contributed by atoms with E-state index in [2.05, 4.69) is 13.5 Å². The van der Waals surface area contributed by atoms with Gasteiger partial charge in [-0.3, -0.25) is 4.18 Å². The molecule has 0 bridgehead atoms. The van der Waals surface area contributed by atoms with Crippen LogP contribution in [-0.4, -0.2) is 44.6 Å². The molecule has 0 aliphatic heterocycles. The molecule has 31 heavy (non-hydrogen) atoms. The van der Waals surface area contributed by atoms with Gasteiger partial charge in [0.2, 0.25) is 0 Å². The molecule has 0 aliphatic rings.